The molecule has 1 amide bonds. The Morgan fingerprint density at radius 2 is 2.06 bits per heavy atom. The van der Waals surface area contributed by atoms with Crippen molar-refractivity contribution in [2.45, 2.75) is 29.6 Å². The lowest BCUT2D eigenvalue weighted by Crippen LogP contribution is -2.32. The monoisotopic (exact) mass is 510 g/mol. The summed E-state index contributed by atoms with van der Waals surface area (Å²) in [5.74, 6) is 1.33. The molecule has 2 aromatic carbocycles. The number of halogens is 1. The van der Waals surface area contributed by atoms with E-state index in [0.717, 1.165) is 17.2 Å². The van der Waals surface area contributed by atoms with Gasteiger partial charge >= 0.3 is 0 Å². The Balaban J connectivity index is 1.19. The maximum absolute atomic E-state index is 13.5. The number of methoxy groups -OCH3 is 1. The SMILES string of the molecule is COc1ccc(C(=O)CSc2nc(CC(=O)N3CCCC3c3nc4ccc(F)cc4[nH]3)cs2)cc1. The minimum Gasteiger partial charge on any atom is -0.497 e. The zero-order valence-corrected chi connectivity index (χ0v) is 20.6. The van der Waals surface area contributed by atoms with Crippen LogP contribution in [0, 0.1) is 5.82 Å². The van der Waals surface area contributed by atoms with Crippen LogP contribution in [0.25, 0.3) is 11.0 Å². The Labute approximate surface area is 209 Å². The molecule has 0 aliphatic carbocycles. The minimum atomic E-state index is -0.324. The molecule has 35 heavy (non-hydrogen) atoms. The van der Waals surface area contributed by atoms with Gasteiger partial charge in [-0.3, -0.25) is 9.59 Å². The van der Waals surface area contributed by atoms with Gasteiger partial charge in [0, 0.05) is 17.5 Å². The lowest BCUT2D eigenvalue weighted by atomic mass is 10.1. The quantitative estimate of drug-likeness (QED) is 0.264. The van der Waals surface area contributed by atoms with Gasteiger partial charge in [0.25, 0.3) is 0 Å². The maximum Gasteiger partial charge on any atom is 0.229 e. The summed E-state index contributed by atoms with van der Waals surface area (Å²) in [6.07, 6.45) is 1.88. The Bertz CT molecular complexity index is 1370. The van der Waals surface area contributed by atoms with Crippen LogP contribution in [0.15, 0.2) is 52.2 Å². The standard InChI is InChI=1S/C25H23FN4O3S2/c1-33-18-7-4-15(5-8-18)22(31)14-35-25-27-17(13-34-25)12-23(32)30-10-2-3-21(30)24-28-19-9-6-16(26)11-20(19)29-24/h4-9,11,13,21H,2-3,10,12,14H2,1H3,(H,28,29). The van der Waals surface area contributed by atoms with Crippen molar-refractivity contribution in [1.29, 1.82) is 0 Å². The summed E-state index contributed by atoms with van der Waals surface area (Å²) in [7, 11) is 1.59. The molecular formula is C25H23FN4O3S2. The highest BCUT2D eigenvalue weighted by Gasteiger charge is 2.32. The van der Waals surface area contributed by atoms with Crippen LogP contribution in [-0.4, -0.2) is 50.9 Å². The first-order valence-electron chi connectivity index (χ1n) is 11.2. The normalized spacial score (nSPS) is 15.6. The fraction of sp³-hybridized carbons (Fsp3) is 0.280. The fourth-order valence-electron chi connectivity index (χ4n) is 4.19. The van der Waals surface area contributed by atoms with Gasteiger partial charge in [0.1, 0.15) is 17.4 Å². The fourth-order valence-corrected chi connectivity index (χ4v) is 5.93. The molecule has 4 aromatic rings. The number of nitrogens with one attached hydrogen (secondary N) is 1. The van der Waals surface area contributed by atoms with Crippen LogP contribution in [0.2, 0.25) is 0 Å². The van der Waals surface area contributed by atoms with Gasteiger partial charge in [0.15, 0.2) is 10.1 Å². The molecule has 1 fully saturated rings. The number of aromatic amines is 1. The summed E-state index contributed by atoms with van der Waals surface area (Å²) in [6.45, 7) is 0.650. The van der Waals surface area contributed by atoms with Crippen molar-refractivity contribution in [3.8, 4) is 5.75 Å². The molecule has 1 aliphatic heterocycles. The third-order valence-electron chi connectivity index (χ3n) is 5.95. The molecule has 2 aromatic heterocycles. The number of aromatic nitrogens is 3. The van der Waals surface area contributed by atoms with Crippen molar-refractivity contribution in [3.63, 3.8) is 0 Å². The number of hydrogen-bond donors (Lipinski definition) is 1. The van der Waals surface area contributed by atoms with E-state index in [0.29, 0.717) is 40.4 Å². The van der Waals surface area contributed by atoms with Gasteiger partial charge in [0.2, 0.25) is 5.91 Å². The van der Waals surface area contributed by atoms with Crippen molar-refractivity contribution >= 4 is 45.8 Å². The number of carbonyl (C=O) groups excluding carboxylic acids is 2. The molecule has 1 saturated heterocycles. The van der Waals surface area contributed by atoms with Crippen LogP contribution in [-0.2, 0) is 11.2 Å². The third-order valence-corrected chi connectivity index (χ3v) is 8.02. The Morgan fingerprint density at radius 3 is 2.86 bits per heavy atom. The highest BCUT2D eigenvalue weighted by Crippen LogP contribution is 2.32. The summed E-state index contributed by atoms with van der Waals surface area (Å²) in [5, 5.41) is 1.87. The molecule has 1 unspecified atom stereocenters. The lowest BCUT2D eigenvalue weighted by Gasteiger charge is -2.22. The highest BCUT2D eigenvalue weighted by molar-refractivity contribution is 8.01. The van der Waals surface area contributed by atoms with E-state index in [2.05, 4.69) is 15.0 Å². The number of ether oxygens (including phenoxy) is 1. The number of thiazole rings is 1. The maximum atomic E-state index is 13.5. The topological polar surface area (TPSA) is 88.2 Å². The van der Waals surface area contributed by atoms with E-state index in [4.69, 9.17) is 4.74 Å². The van der Waals surface area contributed by atoms with Crippen LogP contribution in [0.4, 0.5) is 4.39 Å². The van der Waals surface area contributed by atoms with Gasteiger partial charge in [-0.2, -0.15) is 0 Å². The molecule has 1 atom stereocenters. The number of hydrogen-bond acceptors (Lipinski definition) is 7. The van der Waals surface area contributed by atoms with Crippen LogP contribution < -0.4 is 4.74 Å². The predicted octanol–water partition coefficient (Wildman–Crippen LogP) is 5.05. The summed E-state index contributed by atoms with van der Waals surface area (Å²) >= 11 is 2.80. The number of H-pyrrole nitrogens is 1. The van der Waals surface area contributed by atoms with Gasteiger partial charge in [-0.25, -0.2) is 14.4 Å². The second-order valence-electron chi connectivity index (χ2n) is 8.25. The van der Waals surface area contributed by atoms with Crippen LogP contribution in [0.5, 0.6) is 5.75 Å². The average Bonchev–Trinajstić information content (AvgIpc) is 3.61. The minimum absolute atomic E-state index is 0.0103. The van der Waals surface area contributed by atoms with Crippen LogP contribution >= 0.6 is 23.1 Å². The number of carbonyl (C=O) groups is 2. The second kappa shape index (κ2) is 10.2. The van der Waals surface area contributed by atoms with E-state index in [1.807, 2.05) is 10.3 Å². The number of amides is 1. The molecule has 0 spiro atoms. The molecule has 0 saturated carbocycles. The number of ketones is 1. The van der Waals surface area contributed by atoms with Gasteiger partial charge in [-0.15, -0.1) is 11.3 Å². The Hall–Kier alpha value is -3.24. The van der Waals surface area contributed by atoms with E-state index >= 15 is 0 Å². The van der Waals surface area contributed by atoms with Gasteiger partial charge in [-0.1, -0.05) is 11.8 Å². The molecular weight excluding hydrogens is 487 g/mol. The smallest absolute Gasteiger partial charge is 0.229 e. The predicted molar refractivity (Wildman–Crippen MR) is 134 cm³/mol. The van der Waals surface area contributed by atoms with Crippen molar-refractivity contribution < 1.29 is 18.7 Å². The average molecular weight is 511 g/mol. The molecule has 0 bridgehead atoms. The largest absolute Gasteiger partial charge is 0.497 e. The lowest BCUT2D eigenvalue weighted by molar-refractivity contribution is -0.131. The molecule has 1 aliphatic rings. The number of benzene rings is 2. The molecule has 5 rings (SSSR count). The first-order valence-corrected chi connectivity index (χ1v) is 13.1. The van der Waals surface area contributed by atoms with Crippen molar-refractivity contribution in [3.05, 3.63) is 70.7 Å². The van der Waals surface area contributed by atoms with E-state index < -0.39 is 0 Å². The van der Waals surface area contributed by atoms with Crippen molar-refractivity contribution in [2.24, 2.45) is 0 Å². The van der Waals surface area contributed by atoms with Gasteiger partial charge < -0.3 is 14.6 Å². The summed E-state index contributed by atoms with van der Waals surface area (Å²) in [6, 6.07) is 11.3. The number of imidazole rings is 1. The number of fused-ring (bicyclic) bond motifs is 1. The number of nitrogens with zero attached hydrogens (tertiary/aromatic N) is 3. The van der Waals surface area contributed by atoms with Crippen LogP contribution in [0.3, 0.4) is 0 Å². The summed E-state index contributed by atoms with van der Waals surface area (Å²) < 4.78 is 19.4. The van der Waals surface area contributed by atoms with E-state index in [1.165, 1.54) is 35.2 Å². The zero-order valence-electron chi connectivity index (χ0n) is 19.0. The van der Waals surface area contributed by atoms with E-state index in [-0.39, 0.29) is 35.7 Å². The van der Waals surface area contributed by atoms with E-state index in [1.54, 1.807) is 37.4 Å². The molecule has 0 radical (unpaired) electrons. The second-order valence-corrected chi connectivity index (χ2v) is 10.3. The number of likely N-dealkylation sites (tertiary alicyclic amines) is 1. The van der Waals surface area contributed by atoms with E-state index in [9.17, 15) is 14.0 Å². The number of rotatable bonds is 8. The molecule has 7 nitrogen and oxygen atoms in total. The number of Topliss-reactive ketones (excluding diaryl/α,β-unsaturated/α-hetero) is 1. The Morgan fingerprint density at radius 1 is 1.23 bits per heavy atom. The summed E-state index contributed by atoms with van der Waals surface area (Å²) in [5.41, 5.74) is 2.63. The number of thioether (sulfide) groups is 1. The molecule has 3 heterocycles. The zero-order chi connectivity index (χ0) is 24.4. The molecule has 10 heteroatoms. The van der Waals surface area contributed by atoms with Gasteiger partial charge in [0.05, 0.1) is 42.1 Å². The molecule has 1 N–H and O–H groups in total. The van der Waals surface area contributed by atoms with Crippen molar-refractivity contribution in [2.75, 3.05) is 19.4 Å². The summed E-state index contributed by atoms with van der Waals surface area (Å²) in [4.78, 5) is 39.7. The Kier molecular flexibility index (Phi) is 6.83. The van der Waals surface area contributed by atoms with Crippen LogP contribution in [0.1, 0.15) is 40.8 Å². The van der Waals surface area contributed by atoms with Gasteiger partial charge in [-0.05, 0) is 55.3 Å². The molecule has 180 valence electrons. The van der Waals surface area contributed by atoms with Crippen molar-refractivity contribution in [1.82, 2.24) is 19.9 Å². The first kappa shape index (κ1) is 23.5. The highest BCUT2D eigenvalue weighted by atomic mass is 32.2. The third kappa shape index (κ3) is 5.23. The first-order chi connectivity index (χ1) is 17.0.